The van der Waals surface area contributed by atoms with Gasteiger partial charge in [-0.1, -0.05) is 11.6 Å². The summed E-state index contributed by atoms with van der Waals surface area (Å²) in [6, 6.07) is 8.72. The second kappa shape index (κ2) is 5.67. The lowest BCUT2D eigenvalue weighted by Crippen LogP contribution is -2.00. The summed E-state index contributed by atoms with van der Waals surface area (Å²) in [6.45, 7) is 0. The van der Waals surface area contributed by atoms with Gasteiger partial charge in [-0.3, -0.25) is 0 Å². The molecule has 5 nitrogen and oxygen atoms in total. The highest BCUT2D eigenvalue weighted by molar-refractivity contribution is 6.29. The van der Waals surface area contributed by atoms with Crippen LogP contribution in [0, 0.1) is 0 Å². The maximum atomic E-state index is 5.84. The molecule has 0 bridgehead atoms. The topological polar surface area (TPSA) is 69.4 Å². The molecule has 0 unspecified atom stereocenters. The molecule has 1 heterocycles. The Balaban J connectivity index is 2.34. The van der Waals surface area contributed by atoms with Crippen LogP contribution in [0.15, 0.2) is 30.3 Å². The van der Waals surface area contributed by atoms with Crippen molar-refractivity contribution < 1.29 is 9.47 Å². The number of nitrogens with one attached hydrogen (secondary N) is 1. The Hall–Kier alpha value is -2.14. The molecular formula is C13H14ClN3O2. The van der Waals surface area contributed by atoms with Gasteiger partial charge in [0.05, 0.1) is 19.9 Å². The summed E-state index contributed by atoms with van der Waals surface area (Å²) in [4.78, 5) is 4.13. The van der Waals surface area contributed by atoms with Crippen LogP contribution in [0.1, 0.15) is 0 Å². The third-order valence-corrected chi connectivity index (χ3v) is 2.72. The first kappa shape index (κ1) is 13.3. The minimum atomic E-state index is 0.367. The molecule has 0 saturated carbocycles. The molecule has 3 N–H and O–H groups in total. The highest BCUT2D eigenvalue weighted by atomic mass is 35.5. The maximum absolute atomic E-state index is 5.84. The summed E-state index contributed by atoms with van der Waals surface area (Å²) in [7, 11) is 3.18. The molecule has 0 aliphatic heterocycles. The van der Waals surface area contributed by atoms with Crippen molar-refractivity contribution in [3.63, 3.8) is 0 Å². The molecule has 0 aliphatic carbocycles. The fourth-order valence-corrected chi connectivity index (χ4v) is 1.71. The van der Waals surface area contributed by atoms with Crippen LogP contribution in [-0.2, 0) is 0 Å². The van der Waals surface area contributed by atoms with Crippen LogP contribution >= 0.6 is 11.6 Å². The van der Waals surface area contributed by atoms with Crippen molar-refractivity contribution in [3.8, 4) is 11.5 Å². The van der Waals surface area contributed by atoms with E-state index in [4.69, 9.17) is 26.8 Å². The van der Waals surface area contributed by atoms with Gasteiger partial charge < -0.3 is 20.5 Å². The van der Waals surface area contributed by atoms with E-state index in [1.165, 1.54) is 0 Å². The van der Waals surface area contributed by atoms with E-state index in [2.05, 4.69) is 10.3 Å². The summed E-state index contributed by atoms with van der Waals surface area (Å²) in [5.41, 5.74) is 7.09. The zero-order valence-corrected chi connectivity index (χ0v) is 11.4. The van der Waals surface area contributed by atoms with E-state index in [9.17, 15) is 0 Å². The molecule has 100 valence electrons. The fraction of sp³-hybridized carbons (Fsp3) is 0.154. The summed E-state index contributed by atoms with van der Waals surface area (Å²) in [5.74, 6) is 1.83. The molecule has 0 amide bonds. The highest BCUT2D eigenvalue weighted by Gasteiger charge is 2.06. The number of ether oxygens (including phenoxy) is 2. The van der Waals surface area contributed by atoms with Gasteiger partial charge in [-0.15, -0.1) is 0 Å². The Labute approximate surface area is 116 Å². The molecule has 0 spiro atoms. The Morgan fingerprint density at radius 1 is 1.11 bits per heavy atom. The number of nitrogen functional groups attached to an aromatic ring is 1. The van der Waals surface area contributed by atoms with Crippen molar-refractivity contribution in [2.24, 2.45) is 0 Å². The number of hydrogen-bond acceptors (Lipinski definition) is 5. The van der Waals surface area contributed by atoms with Gasteiger partial charge in [0.1, 0.15) is 16.7 Å². The maximum Gasteiger partial charge on any atom is 0.155 e. The highest BCUT2D eigenvalue weighted by Crippen LogP contribution is 2.29. The molecule has 0 atom stereocenters. The quantitative estimate of drug-likeness (QED) is 0.842. The molecule has 1 aromatic heterocycles. The van der Waals surface area contributed by atoms with Crippen LogP contribution in [0.3, 0.4) is 0 Å². The number of anilines is 3. The number of halogens is 1. The average Bonchev–Trinajstić information content (AvgIpc) is 2.42. The van der Waals surface area contributed by atoms with E-state index in [1.54, 1.807) is 32.4 Å². The van der Waals surface area contributed by atoms with E-state index >= 15 is 0 Å². The van der Waals surface area contributed by atoms with E-state index in [1.807, 2.05) is 12.1 Å². The molecule has 2 rings (SSSR count). The Bertz CT molecular complexity index is 568. The molecular weight excluding hydrogens is 266 g/mol. The molecule has 2 aromatic rings. The Morgan fingerprint density at radius 3 is 2.32 bits per heavy atom. The van der Waals surface area contributed by atoms with Crippen molar-refractivity contribution >= 4 is 28.8 Å². The van der Waals surface area contributed by atoms with Crippen molar-refractivity contribution in [1.29, 1.82) is 0 Å². The predicted molar refractivity (Wildman–Crippen MR) is 76.5 cm³/mol. The molecule has 0 radical (unpaired) electrons. The van der Waals surface area contributed by atoms with Crippen molar-refractivity contribution in [2.45, 2.75) is 0 Å². The van der Waals surface area contributed by atoms with Crippen LogP contribution in [0.25, 0.3) is 0 Å². The van der Waals surface area contributed by atoms with Crippen LogP contribution in [0.5, 0.6) is 11.5 Å². The number of aromatic nitrogens is 1. The SMILES string of the molecule is COc1cc(Nc2nc(Cl)ccc2N)cc(OC)c1. The van der Waals surface area contributed by atoms with Crippen LogP contribution in [0.4, 0.5) is 17.2 Å². The van der Waals surface area contributed by atoms with Gasteiger partial charge in [0, 0.05) is 23.9 Å². The number of hydrogen-bond donors (Lipinski definition) is 2. The number of methoxy groups -OCH3 is 2. The monoisotopic (exact) mass is 279 g/mol. The number of nitrogens with two attached hydrogens (primary N) is 1. The largest absolute Gasteiger partial charge is 0.497 e. The van der Waals surface area contributed by atoms with Gasteiger partial charge in [-0.25, -0.2) is 4.98 Å². The second-order valence-corrected chi connectivity index (χ2v) is 4.19. The first-order valence-corrected chi connectivity index (χ1v) is 5.92. The minimum absolute atomic E-state index is 0.367. The molecule has 0 saturated heterocycles. The first-order valence-electron chi connectivity index (χ1n) is 5.54. The molecule has 6 heteroatoms. The lowest BCUT2D eigenvalue weighted by molar-refractivity contribution is 0.395. The van der Waals surface area contributed by atoms with Gasteiger partial charge in [0.2, 0.25) is 0 Å². The van der Waals surface area contributed by atoms with E-state index < -0.39 is 0 Å². The Morgan fingerprint density at radius 2 is 1.74 bits per heavy atom. The predicted octanol–water partition coefficient (Wildman–Crippen LogP) is 3.08. The van der Waals surface area contributed by atoms with Crippen LogP contribution in [-0.4, -0.2) is 19.2 Å². The van der Waals surface area contributed by atoms with Crippen molar-refractivity contribution in [2.75, 3.05) is 25.3 Å². The van der Waals surface area contributed by atoms with Crippen LogP contribution < -0.4 is 20.5 Å². The summed E-state index contributed by atoms with van der Waals surface area (Å²) >= 11 is 5.84. The van der Waals surface area contributed by atoms with Crippen molar-refractivity contribution in [3.05, 3.63) is 35.5 Å². The first-order chi connectivity index (χ1) is 9.12. The molecule has 1 aromatic carbocycles. The second-order valence-electron chi connectivity index (χ2n) is 3.80. The molecule has 0 aliphatic rings. The van der Waals surface area contributed by atoms with Gasteiger partial charge in [-0.05, 0) is 12.1 Å². The van der Waals surface area contributed by atoms with Gasteiger partial charge in [0.15, 0.2) is 5.82 Å². The van der Waals surface area contributed by atoms with Crippen molar-refractivity contribution in [1.82, 2.24) is 4.98 Å². The van der Waals surface area contributed by atoms with Crippen LogP contribution in [0.2, 0.25) is 5.15 Å². The zero-order valence-electron chi connectivity index (χ0n) is 10.6. The average molecular weight is 280 g/mol. The van der Waals surface area contributed by atoms with E-state index in [-0.39, 0.29) is 0 Å². The van der Waals surface area contributed by atoms with E-state index in [0.29, 0.717) is 28.2 Å². The van der Waals surface area contributed by atoms with Gasteiger partial charge in [-0.2, -0.15) is 0 Å². The zero-order chi connectivity index (χ0) is 13.8. The van der Waals surface area contributed by atoms with E-state index in [0.717, 1.165) is 5.69 Å². The lowest BCUT2D eigenvalue weighted by Gasteiger charge is -2.11. The standard InChI is InChI=1S/C13H14ClN3O2/c1-18-9-5-8(6-10(7-9)19-2)16-13-11(15)3-4-12(14)17-13/h3-7H,15H2,1-2H3,(H,16,17). The number of benzene rings is 1. The minimum Gasteiger partial charge on any atom is -0.497 e. The number of pyridine rings is 1. The summed E-state index contributed by atoms with van der Waals surface area (Å²) < 4.78 is 10.4. The van der Waals surface area contributed by atoms with Gasteiger partial charge in [0.25, 0.3) is 0 Å². The fourth-order valence-electron chi connectivity index (χ4n) is 1.56. The smallest absolute Gasteiger partial charge is 0.155 e. The lowest BCUT2D eigenvalue weighted by atomic mass is 10.2. The normalized spacial score (nSPS) is 10.1. The Kier molecular flexibility index (Phi) is 3.97. The third-order valence-electron chi connectivity index (χ3n) is 2.51. The number of nitrogens with zero attached hydrogens (tertiary/aromatic N) is 1. The third kappa shape index (κ3) is 3.20. The molecule has 19 heavy (non-hydrogen) atoms. The molecule has 0 fully saturated rings. The number of rotatable bonds is 4. The van der Waals surface area contributed by atoms with Gasteiger partial charge >= 0.3 is 0 Å². The summed E-state index contributed by atoms with van der Waals surface area (Å²) in [5, 5.41) is 3.45. The summed E-state index contributed by atoms with van der Waals surface area (Å²) in [6.07, 6.45) is 0.